The number of rotatable bonds is 2. The lowest BCUT2D eigenvalue weighted by Crippen LogP contribution is -2.33. The first-order valence-electron chi connectivity index (χ1n) is 4.21. The molecule has 0 radical (unpaired) electrons. The first-order valence-corrected chi connectivity index (χ1v) is 4.21. The first kappa shape index (κ1) is 11.3. The van der Waals surface area contributed by atoms with Gasteiger partial charge >= 0.3 is 6.09 Å². The van der Waals surface area contributed by atoms with Crippen molar-refractivity contribution in [3.63, 3.8) is 0 Å². The van der Waals surface area contributed by atoms with Gasteiger partial charge in [-0.1, -0.05) is 27.7 Å². The van der Waals surface area contributed by atoms with Gasteiger partial charge < -0.3 is 10.5 Å². The van der Waals surface area contributed by atoms with Crippen LogP contribution in [-0.4, -0.2) is 12.2 Å². The van der Waals surface area contributed by atoms with Crippen LogP contribution in [0.1, 0.15) is 34.6 Å². The largest absolute Gasteiger partial charge is 0.446 e. The Morgan fingerprint density at radius 2 is 1.75 bits per heavy atom. The van der Waals surface area contributed by atoms with Crippen molar-refractivity contribution in [1.82, 2.24) is 0 Å². The number of carbonyl (C=O) groups is 1. The molecule has 0 spiro atoms. The number of hydrogen-bond acceptors (Lipinski definition) is 2. The van der Waals surface area contributed by atoms with Crippen LogP contribution in [0.5, 0.6) is 0 Å². The molecule has 0 aliphatic rings. The molecule has 0 aromatic carbocycles. The van der Waals surface area contributed by atoms with Crippen LogP contribution >= 0.6 is 0 Å². The second-order valence-electron chi connectivity index (χ2n) is 4.30. The topological polar surface area (TPSA) is 52.3 Å². The van der Waals surface area contributed by atoms with Crippen molar-refractivity contribution >= 4 is 6.09 Å². The van der Waals surface area contributed by atoms with E-state index < -0.39 is 6.09 Å². The monoisotopic (exact) mass is 173 g/mol. The van der Waals surface area contributed by atoms with Crippen LogP contribution in [0, 0.1) is 11.3 Å². The SMILES string of the molecule is C[C@H](OC(N)=O)[C@@H](C)C(C)(C)C. The Kier molecular flexibility index (Phi) is 3.55. The molecule has 0 rings (SSSR count). The van der Waals surface area contributed by atoms with Crippen molar-refractivity contribution < 1.29 is 9.53 Å². The minimum atomic E-state index is -0.696. The van der Waals surface area contributed by atoms with Gasteiger partial charge in [-0.3, -0.25) is 0 Å². The summed E-state index contributed by atoms with van der Waals surface area (Å²) < 4.78 is 4.88. The molecule has 3 heteroatoms. The van der Waals surface area contributed by atoms with Crippen LogP contribution in [0.4, 0.5) is 4.79 Å². The summed E-state index contributed by atoms with van der Waals surface area (Å²) in [6.45, 7) is 10.2. The Labute approximate surface area is 74.3 Å². The van der Waals surface area contributed by atoms with Gasteiger partial charge in [0.1, 0.15) is 6.10 Å². The second-order valence-corrected chi connectivity index (χ2v) is 4.30. The van der Waals surface area contributed by atoms with E-state index in [1.165, 1.54) is 0 Å². The molecule has 12 heavy (non-hydrogen) atoms. The molecule has 0 unspecified atom stereocenters. The lowest BCUT2D eigenvalue weighted by atomic mass is 9.79. The van der Waals surface area contributed by atoms with E-state index in [4.69, 9.17) is 10.5 Å². The molecular formula is C9H19NO2. The van der Waals surface area contributed by atoms with Gasteiger partial charge in [0.2, 0.25) is 0 Å². The van der Waals surface area contributed by atoms with Gasteiger partial charge in [-0.15, -0.1) is 0 Å². The average molecular weight is 173 g/mol. The predicted molar refractivity (Wildman–Crippen MR) is 48.7 cm³/mol. The van der Waals surface area contributed by atoms with Crippen LogP contribution in [0.2, 0.25) is 0 Å². The van der Waals surface area contributed by atoms with Gasteiger partial charge in [-0.25, -0.2) is 4.79 Å². The molecule has 0 bridgehead atoms. The number of primary amides is 1. The quantitative estimate of drug-likeness (QED) is 0.695. The number of hydrogen-bond donors (Lipinski definition) is 1. The van der Waals surface area contributed by atoms with E-state index in [-0.39, 0.29) is 11.5 Å². The lowest BCUT2D eigenvalue weighted by Gasteiger charge is -2.31. The van der Waals surface area contributed by atoms with Crippen molar-refractivity contribution in [3.05, 3.63) is 0 Å². The van der Waals surface area contributed by atoms with Gasteiger partial charge in [-0.2, -0.15) is 0 Å². The van der Waals surface area contributed by atoms with Crippen molar-refractivity contribution in [2.45, 2.75) is 40.7 Å². The molecule has 0 aromatic heterocycles. The number of carbonyl (C=O) groups excluding carboxylic acids is 1. The standard InChI is InChI=1S/C9H19NO2/c1-6(9(3,4)5)7(2)12-8(10)11/h6-7H,1-5H3,(H2,10,11)/t6-,7+/m1/s1. The van der Waals surface area contributed by atoms with E-state index in [1.54, 1.807) is 0 Å². The first-order chi connectivity index (χ1) is 5.25. The average Bonchev–Trinajstić information content (AvgIpc) is 1.82. The highest BCUT2D eigenvalue weighted by Crippen LogP contribution is 2.29. The summed E-state index contributed by atoms with van der Waals surface area (Å²) >= 11 is 0. The maximum atomic E-state index is 10.4. The Morgan fingerprint density at radius 3 is 2.00 bits per heavy atom. The van der Waals surface area contributed by atoms with Crippen LogP contribution in [0.3, 0.4) is 0 Å². The van der Waals surface area contributed by atoms with Crippen molar-refractivity contribution in [1.29, 1.82) is 0 Å². The third-order valence-electron chi connectivity index (χ3n) is 2.37. The third-order valence-corrected chi connectivity index (χ3v) is 2.37. The fraction of sp³-hybridized carbons (Fsp3) is 0.889. The molecule has 0 aliphatic carbocycles. The molecule has 0 saturated heterocycles. The van der Waals surface area contributed by atoms with E-state index in [0.717, 1.165) is 0 Å². The predicted octanol–water partition coefficient (Wildman–Crippen LogP) is 2.15. The molecule has 72 valence electrons. The Morgan fingerprint density at radius 1 is 1.33 bits per heavy atom. The van der Waals surface area contributed by atoms with Gasteiger partial charge in [0, 0.05) is 0 Å². The summed E-state index contributed by atoms with van der Waals surface area (Å²) in [6.07, 6.45) is -0.818. The summed E-state index contributed by atoms with van der Waals surface area (Å²) in [7, 11) is 0. The normalized spacial score (nSPS) is 16.8. The number of amides is 1. The second kappa shape index (κ2) is 3.78. The van der Waals surface area contributed by atoms with E-state index in [2.05, 4.69) is 20.8 Å². The van der Waals surface area contributed by atoms with Gasteiger partial charge in [0.05, 0.1) is 0 Å². The lowest BCUT2D eigenvalue weighted by molar-refractivity contribution is 0.0445. The van der Waals surface area contributed by atoms with E-state index in [9.17, 15) is 4.79 Å². The molecule has 2 atom stereocenters. The molecule has 0 aromatic rings. The molecule has 3 nitrogen and oxygen atoms in total. The fourth-order valence-electron chi connectivity index (χ4n) is 0.989. The number of nitrogens with two attached hydrogens (primary N) is 1. The van der Waals surface area contributed by atoms with E-state index in [0.29, 0.717) is 5.92 Å². The molecular weight excluding hydrogens is 154 g/mol. The Hall–Kier alpha value is -0.730. The van der Waals surface area contributed by atoms with Crippen molar-refractivity contribution in [2.75, 3.05) is 0 Å². The molecule has 0 fully saturated rings. The van der Waals surface area contributed by atoms with Crippen molar-refractivity contribution in [3.8, 4) is 0 Å². The highest BCUT2D eigenvalue weighted by Gasteiger charge is 2.27. The zero-order chi connectivity index (χ0) is 9.94. The van der Waals surface area contributed by atoms with Gasteiger partial charge in [-0.05, 0) is 18.3 Å². The summed E-state index contributed by atoms with van der Waals surface area (Å²) in [6, 6.07) is 0. The third kappa shape index (κ3) is 3.60. The van der Waals surface area contributed by atoms with Crippen LogP contribution in [-0.2, 0) is 4.74 Å². The highest BCUT2D eigenvalue weighted by atomic mass is 16.6. The summed E-state index contributed by atoms with van der Waals surface area (Å²) in [5.74, 6) is 0.296. The maximum Gasteiger partial charge on any atom is 0.404 e. The summed E-state index contributed by atoms with van der Waals surface area (Å²) in [5.41, 5.74) is 5.05. The Bertz CT molecular complexity index is 160. The zero-order valence-electron chi connectivity index (χ0n) is 8.55. The minimum absolute atomic E-state index is 0.123. The Balaban J connectivity index is 4.10. The molecule has 1 amide bonds. The fourth-order valence-corrected chi connectivity index (χ4v) is 0.989. The van der Waals surface area contributed by atoms with E-state index in [1.807, 2.05) is 13.8 Å². The number of ether oxygens (including phenoxy) is 1. The molecule has 0 saturated carbocycles. The van der Waals surface area contributed by atoms with Crippen LogP contribution in [0.15, 0.2) is 0 Å². The van der Waals surface area contributed by atoms with E-state index >= 15 is 0 Å². The van der Waals surface area contributed by atoms with Crippen molar-refractivity contribution in [2.24, 2.45) is 17.1 Å². The highest BCUT2D eigenvalue weighted by molar-refractivity contribution is 5.64. The van der Waals surface area contributed by atoms with Crippen LogP contribution < -0.4 is 5.73 Å². The molecule has 0 aliphatic heterocycles. The smallest absolute Gasteiger partial charge is 0.404 e. The van der Waals surface area contributed by atoms with Gasteiger partial charge in [0.25, 0.3) is 0 Å². The van der Waals surface area contributed by atoms with Crippen LogP contribution in [0.25, 0.3) is 0 Å². The summed E-state index contributed by atoms with van der Waals surface area (Å²) in [4.78, 5) is 10.4. The minimum Gasteiger partial charge on any atom is -0.446 e. The zero-order valence-corrected chi connectivity index (χ0v) is 8.55. The molecule has 0 heterocycles. The summed E-state index contributed by atoms with van der Waals surface area (Å²) in [5, 5.41) is 0. The van der Waals surface area contributed by atoms with Gasteiger partial charge in [0.15, 0.2) is 0 Å². The maximum absolute atomic E-state index is 10.4. The molecule has 2 N–H and O–H groups in total.